The van der Waals surface area contributed by atoms with Gasteiger partial charge in [-0.25, -0.2) is 0 Å². The fourth-order valence-electron chi connectivity index (χ4n) is 1.89. The standard InChI is InChI=1S/C16H20N2S2/c1(3-15-5-9-17-10-6-15)13-19-20-14-2-4-16-7-11-18-12-8-16/h5-12H,1-4,13-14H2. The SMILES string of the molecule is c1cc(CCCSSCCCc2ccncc2)ccn1. The summed E-state index contributed by atoms with van der Waals surface area (Å²) in [6.07, 6.45) is 12.3. The summed E-state index contributed by atoms with van der Waals surface area (Å²) >= 11 is 0. The van der Waals surface area contributed by atoms with Gasteiger partial charge in [-0.05, 0) is 61.1 Å². The lowest BCUT2D eigenvalue weighted by molar-refractivity contribution is 0.928. The Morgan fingerprint density at radius 2 is 1.05 bits per heavy atom. The lowest BCUT2D eigenvalue weighted by Gasteiger charge is -2.02. The van der Waals surface area contributed by atoms with Crippen LogP contribution in [-0.4, -0.2) is 21.5 Å². The number of nitrogens with zero attached hydrogens (tertiary/aromatic N) is 2. The van der Waals surface area contributed by atoms with E-state index in [4.69, 9.17) is 0 Å². The zero-order valence-electron chi connectivity index (χ0n) is 11.6. The lowest BCUT2D eigenvalue weighted by Crippen LogP contribution is -1.88. The van der Waals surface area contributed by atoms with Crippen LogP contribution >= 0.6 is 21.6 Å². The van der Waals surface area contributed by atoms with Crippen molar-refractivity contribution in [3.63, 3.8) is 0 Å². The molecule has 0 aromatic carbocycles. The Morgan fingerprint density at radius 1 is 0.650 bits per heavy atom. The molecule has 0 saturated carbocycles. The van der Waals surface area contributed by atoms with Crippen LogP contribution in [0.3, 0.4) is 0 Å². The minimum absolute atomic E-state index is 1.16. The van der Waals surface area contributed by atoms with E-state index in [0.29, 0.717) is 0 Å². The van der Waals surface area contributed by atoms with Crippen LogP contribution in [-0.2, 0) is 12.8 Å². The summed E-state index contributed by atoms with van der Waals surface area (Å²) in [7, 11) is 3.99. The molecule has 20 heavy (non-hydrogen) atoms. The van der Waals surface area contributed by atoms with E-state index < -0.39 is 0 Å². The van der Waals surface area contributed by atoms with E-state index in [1.807, 2.05) is 46.4 Å². The van der Waals surface area contributed by atoms with Crippen molar-refractivity contribution in [2.24, 2.45) is 0 Å². The van der Waals surface area contributed by atoms with E-state index >= 15 is 0 Å². The first-order valence-corrected chi connectivity index (χ1v) is 9.46. The van der Waals surface area contributed by atoms with Gasteiger partial charge in [-0.3, -0.25) is 9.97 Å². The summed E-state index contributed by atoms with van der Waals surface area (Å²) < 4.78 is 0. The third kappa shape index (κ3) is 6.44. The van der Waals surface area contributed by atoms with Crippen molar-refractivity contribution in [1.82, 2.24) is 9.97 Å². The molecule has 0 spiro atoms. The summed E-state index contributed by atoms with van der Waals surface area (Å²) in [6, 6.07) is 8.41. The van der Waals surface area contributed by atoms with Gasteiger partial charge in [0.1, 0.15) is 0 Å². The van der Waals surface area contributed by atoms with Crippen molar-refractivity contribution in [3.8, 4) is 0 Å². The van der Waals surface area contributed by atoms with Crippen LogP contribution < -0.4 is 0 Å². The van der Waals surface area contributed by atoms with Crippen LogP contribution in [0.2, 0.25) is 0 Å². The molecule has 2 aromatic heterocycles. The molecule has 2 rings (SSSR count). The summed E-state index contributed by atoms with van der Waals surface area (Å²) in [5.74, 6) is 2.45. The van der Waals surface area contributed by atoms with Gasteiger partial charge in [0, 0.05) is 36.3 Å². The fourth-order valence-corrected chi connectivity index (χ4v) is 4.06. The summed E-state index contributed by atoms with van der Waals surface area (Å²) in [5, 5.41) is 0. The van der Waals surface area contributed by atoms with Crippen LogP contribution in [0, 0.1) is 0 Å². The smallest absolute Gasteiger partial charge is 0.0270 e. The molecule has 0 N–H and O–H groups in total. The van der Waals surface area contributed by atoms with E-state index in [1.54, 1.807) is 0 Å². The van der Waals surface area contributed by atoms with Crippen LogP contribution in [0.25, 0.3) is 0 Å². The maximum atomic E-state index is 4.04. The van der Waals surface area contributed by atoms with Crippen molar-refractivity contribution >= 4 is 21.6 Å². The van der Waals surface area contributed by atoms with E-state index in [1.165, 1.54) is 35.5 Å². The van der Waals surface area contributed by atoms with Crippen molar-refractivity contribution in [3.05, 3.63) is 60.2 Å². The van der Waals surface area contributed by atoms with Crippen LogP contribution in [0.5, 0.6) is 0 Å². The lowest BCUT2D eigenvalue weighted by atomic mass is 10.2. The predicted molar refractivity (Wildman–Crippen MR) is 90.0 cm³/mol. The second-order valence-electron chi connectivity index (χ2n) is 4.56. The first kappa shape index (κ1) is 15.4. The molecule has 0 aliphatic heterocycles. The number of hydrogen-bond acceptors (Lipinski definition) is 4. The monoisotopic (exact) mass is 304 g/mol. The van der Waals surface area contributed by atoms with Crippen molar-refractivity contribution < 1.29 is 0 Å². The highest BCUT2D eigenvalue weighted by Gasteiger charge is 1.96. The van der Waals surface area contributed by atoms with Crippen molar-refractivity contribution in [2.45, 2.75) is 25.7 Å². The Hall–Kier alpha value is -1.00. The van der Waals surface area contributed by atoms with Crippen molar-refractivity contribution in [1.29, 1.82) is 0 Å². The highest BCUT2D eigenvalue weighted by molar-refractivity contribution is 8.76. The maximum Gasteiger partial charge on any atom is 0.0270 e. The average Bonchev–Trinajstić information content (AvgIpc) is 2.52. The summed E-state index contributed by atoms with van der Waals surface area (Å²) in [6.45, 7) is 0. The molecule has 0 unspecified atom stereocenters. The topological polar surface area (TPSA) is 25.8 Å². The zero-order valence-corrected chi connectivity index (χ0v) is 13.2. The van der Waals surface area contributed by atoms with Gasteiger partial charge in [-0.2, -0.15) is 0 Å². The van der Waals surface area contributed by atoms with E-state index in [-0.39, 0.29) is 0 Å². The van der Waals surface area contributed by atoms with E-state index in [0.717, 1.165) is 12.8 Å². The molecule has 2 aromatic rings. The third-order valence-corrected chi connectivity index (χ3v) is 5.55. The largest absolute Gasteiger partial charge is 0.265 e. The molecule has 0 aliphatic carbocycles. The first-order valence-electron chi connectivity index (χ1n) is 6.97. The van der Waals surface area contributed by atoms with Gasteiger partial charge in [0.15, 0.2) is 0 Å². The highest BCUT2D eigenvalue weighted by Crippen LogP contribution is 2.24. The van der Waals surface area contributed by atoms with E-state index in [2.05, 4.69) is 34.2 Å². The highest BCUT2D eigenvalue weighted by atomic mass is 33.1. The van der Waals surface area contributed by atoms with Gasteiger partial charge >= 0.3 is 0 Å². The molecule has 0 atom stereocenters. The fraction of sp³-hybridized carbons (Fsp3) is 0.375. The van der Waals surface area contributed by atoms with Gasteiger partial charge in [-0.15, -0.1) is 0 Å². The molecular formula is C16H20N2S2. The molecule has 0 amide bonds. The molecule has 4 heteroatoms. The van der Waals surface area contributed by atoms with Crippen LogP contribution in [0.1, 0.15) is 24.0 Å². The molecule has 0 fully saturated rings. The summed E-state index contributed by atoms with van der Waals surface area (Å²) in [4.78, 5) is 8.07. The normalized spacial score (nSPS) is 10.6. The Morgan fingerprint density at radius 3 is 1.45 bits per heavy atom. The van der Waals surface area contributed by atoms with Crippen molar-refractivity contribution in [2.75, 3.05) is 11.5 Å². The molecule has 0 aliphatic rings. The minimum atomic E-state index is 1.16. The van der Waals surface area contributed by atoms with Gasteiger partial charge in [0.2, 0.25) is 0 Å². The maximum absolute atomic E-state index is 4.04. The first-order chi connectivity index (χ1) is 9.95. The molecular weight excluding hydrogens is 284 g/mol. The van der Waals surface area contributed by atoms with Gasteiger partial charge < -0.3 is 0 Å². The molecule has 106 valence electrons. The molecule has 0 radical (unpaired) electrons. The molecule has 0 saturated heterocycles. The van der Waals surface area contributed by atoms with E-state index in [9.17, 15) is 0 Å². The molecule has 0 bridgehead atoms. The van der Waals surface area contributed by atoms with Gasteiger partial charge in [0.05, 0.1) is 0 Å². The number of hydrogen-bond donors (Lipinski definition) is 0. The number of rotatable bonds is 9. The minimum Gasteiger partial charge on any atom is -0.265 e. The number of aryl methyl sites for hydroxylation is 2. The van der Waals surface area contributed by atoms with Crippen LogP contribution in [0.15, 0.2) is 49.1 Å². The third-order valence-electron chi connectivity index (χ3n) is 2.97. The van der Waals surface area contributed by atoms with Gasteiger partial charge in [0.25, 0.3) is 0 Å². The molecule has 2 heterocycles. The Kier molecular flexibility index (Phi) is 7.57. The Bertz CT molecular complexity index is 417. The second-order valence-corrected chi connectivity index (χ2v) is 7.26. The Labute approximate surface area is 129 Å². The summed E-state index contributed by atoms with van der Waals surface area (Å²) in [5.41, 5.74) is 2.78. The quantitative estimate of drug-likeness (QED) is 0.506. The zero-order chi connectivity index (χ0) is 13.9. The van der Waals surface area contributed by atoms with Gasteiger partial charge in [-0.1, -0.05) is 21.6 Å². The second kappa shape index (κ2) is 9.83. The number of pyridine rings is 2. The average molecular weight is 304 g/mol. The number of aromatic nitrogens is 2. The Balaban J connectivity index is 1.44. The predicted octanol–water partition coefficient (Wildman–Crippen LogP) is 4.42. The van der Waals surface area contributed by atoms with Crippen LogP contribution in [0.4, 0.5) is 0 Å². The molecule has 2 nitrogen and oxygen atoms in total.